The van der Waals surface area contributed by atoms with Crippen LogP contribution >= 0.6 is 0 Å². The van der Waals surface area contributed by atoms with E-state index in [0.29, 0.717) is 11.6 Å². The molecule has 10 heteroatoms. The summed E-state index contributed by atoms with van der Waals surface area (Å²) < 4.78 is 38.8. The molecule has 1 rings (SSSR count). The molecule has 0 bridgehead atoms. The molecule has 0 amide bonds. The number of rotatable bonds is 17. The van der Waals surface area contributed by atoms with Crippen molar-refractivity contribution >= 4 is 33.2 Å². The molecule has 0 heterocycles. The number of benzene rings is 1. The van der Waals surface area contributed by atoms with E-state index >= 15 is 0 Å². The summed E-state index contributed by atoms with van der Waals surface area (Å²) in [7, 11) is -8.43. The quantitative estimate of drug-likeness (QED) is 0.194. The Bertz CT molecular complexity index is 672. The third-order valence-electron chi connectivity index (χ3n) is 4.32. The van der Waals surface area contributed by atoms with Gasteiger partial charge in [0, 0.05) is 36.0 Å². The molecular formula is C24H46O7Si3. The van der Waals surface area contributed by atoms with Gasteiger partial charge in [0.15, 0.2) is 9.04 Å². The zero-order chi connectivity index (χ0) is 25.9. The second-order valence-electron chi connectivity index (χ2n) is 9.83. The molecule has 34 heavy (non-hydrogen) atoms. The maximum absolute atomic E-state index is 11.0. The molecular weight excluding hydrogens is 485 g/mol. The Hall–Kier alpha value is -0.699. The highest BCUT2D eigenvalue weighted by Gasteiger charge is 2.58. The van der Waals surface area contributed by atoms with Crippen LogP contribution in [0, 0.1) is 0 Å². The summed E-state index contributed by atoms with van der Waals surface area (Å²) in [5, 5.41) is 0. The van der Waals surface area contributed by atoms with Gasteiger partial charge in [0.05, 0.1) is 0 Å². The molecule has 0 spiro atoms. The van der Waals surface area contributed by atoms with Gasteiger partial charge >= 0.3 is 17.9 Å². The molecule has 0 unspecified atom stereocenters. The summed E-state index contributed by atoms with van der Waals surface area (Å²) in [6.45, 7) is 19.9. The van der Waals surface area contributed by atoms with Crippen molar-refractivity contribution in [1.82, 2.24) is 0 Å². The lowest BCUT2D eigenvalue weighted by Crippen LogP contribution is -2.64. The number of carbonyl (C=O) groups is 1. The Kier molecular flexibility index (Phi) is 13.6. The summed E-state index contributed by atoms with van der Waals surface area (Å²) in [4.78, 5) is 11.0. The minimum atomic E-state index is -3.56. The first-order valence-corrected chi connectivity index (χ1v) is 18.8. The molecule has 0 aliphatic carbocycles. The minimum absolute atomic E-state index is 0.0987. The SMILES string of the molecule is CC(C)O[Si](CCCc1ccc(C=O)cc1)(OC(C)C)O[Si](OC(C)C)(OC(C)C)O[SiH](C)C. The maximum Gasteiger partial charge on any atom is 0.661 e. The lowest BCUT2D eigenvalue weighted by Gasteiger charge is -2.41. The second-order valence-corrected chi connectivity index (χ2v) is 17.5. The van der Waals surface area contributed by atoms with E-state index in [4.69, 9.17) is 25.9 Å². The van der Waals surface area contributed by atoms with Crippen LogP contribution < -0.4 is 0 Å². The average molecular weight is 531 g/mol. The van der Waals surface area contributed by atoms with Crippen LogP contribution in [0.1, 0.15) is 77.7 Å². The Morgan fingerprint density at radius 1 is 0.794 bits per heavy atom. The lowest BCUT2D eigenvalue weighted by molar-refractivity contribution is -0.0388. The third kappa shape index (κ3) is 11.8. The summed E-state index contributed by atoms with van der Waals surface area (Å²) >= 11 is 0. The van der Waals surface area contributed by atoms with Gasteiger partial charge < -0.3 is 25.9 Å². The van der Waals surface area contributed by atoms with Crippen molar-refractivity contribution < 1.29 is 30.7 Å². The zero-order valence-electron chi connectivity index (χ0n) is 22.8. The van der Waals surface area contributed by atoms with Crippen molar-refractivity contribution in [2.75, 3.05) is 0 Å². The first-order chi connectivity index (χ1) is 15.8. The van der Waals surface area contributed by atoms with Gasteiger partial charge in [-0.1, -0.05) is 24.3 Å². The van der Waals surface area contributed by atoms with E-state index < -0.39 is 26.9 Å². The van der Waals surface area contributed by atoms with Gasteiger partial charge in [-0.2, -0.15) is 0 Å². The molecule has 0 N–H and O–H groups in total. The highest BCUT2D eigenvalue weighted by Crippen LogP contribution is 2.30. The number of carbonyl (C=O) groups excluding carboxylic acids is 1. The molecule has 0 aliphatic rings. The first-order valence-electron chi connectivity index (χ1n) is 12.4. The Morgan fingerprint density at radius 3 is 1.65 bits per heavy atom. The summed E-state index contributed by atoms with van der Waals surface area (Å²) in [6, 6.07) is 8.24. The van der Waals surface area contributed by atoms with E-state index in [0.717, 1.165) is 24.7 Å². The predicted molar refractivity (Wildman–Crippen MR) is 142 cm³/mol. The molecule has 0 saturated heterocycles. The fraction of sp³-hybridized carbons (Fsp3) is 0.708. The Morgan fingerprint density at radius 2 is 1.26 bits per heavy atom. The van der Waals surface area contributed by atoms with Gasteiger partial charge in [0.25, 0.3) is 0 Å². The van der Waals surface area contributed by atoms with Crippen LogP contribution in [0.4, 0.5) is 0 Å². The average Bonchev–Trinajstić information content (AvgIpc) is 2.65. The Balaban J connectivity index is 3.30. The second kappa shape index (κ2) is 14.8. The fourth-order valence-electron chi connectivity index (χ4n) is 3.45. The maximum atomic E-state index is 11.0. The molecule has 0 aromatic heterocycles. The summed E-state index contributed by atoms with van der Waals surface area (Å²) in [5.41, 5.74) is 1.82. The molecule has 0 atom stereocenters. The van der Waals surface area contributed by atoms with Crippen molar-refractivity contribution in [2.24, 2.45) is 0 Å². The van der Waals surface area contributed by atoms with Gasteiger partial charge in [-0.3, -0.25) is 4.79 Å². The minimum Gasteiger partial charge on any atom is -0.398 e. The Labute approximate surface area is 211 Å². The fourth-order valence-corrected chi connectivity index (χ4v) is 13.1. The van der Waals surface area contributed by atoms with Crippen molar-refractivity contribution in [3.05, 3.63) is 35.4 Å². The van der Waals surface area contributed by atoms with Crippen LogP contribution in [0.2, 0.25) is 19.1 Å². The van der Waals surface area contributed by atoms with E-state index in [1.54, 1.807) is 0 Å². The predicted octanol–water partition coefficient (Wildman–Crippen LogP) is 5.52. The van der Waals surface area contributed by atoms with Crippen LogP contribution in [0.3, 0.4) is 0 Å². The number of hydrogen-bond acceptors (Lipinski definition) is 7. The highest BCUT2D eigenvalue weighted by atomic mass is 28.5. The molecule has 1 aromatic rings. The van der Waals surface area contributed by atoms with Crippen LogP contribution in [-0.4, -0.2) is 57.6 Å². The molecule has 0 fully saturated rings. The summed E-state index contributed by atoms with van der Waals surface area (Å²) in [5.74, 6) is 0. The van der Waals surface area contributed by atoms with Crippen LogP contribution in [-0.2, 0) is 32.4 Å². The lowest BCUT2D eigenvalue weighted by atomic mass is 10.1. The van der Waals surface area contributed by atoms with Crippen molar-refractivity contribution in [3.63, 3.8) is 0 Å². The zero-order valence-corrected chi connectivity index (χ0v) is 25.9. The van der Waals surface area contributed by atoms with E-state index in [1.165, 1.54) is 0 Å². The van der Waals surface area contributed by atoms with Crippen molar-refractivity contribution in [3.8, 4) is 0 Å². The molecule has 0 saturated carbocycles. The van der Waals surface area contributed by atoms with Gasteiger partial charge in [-0.15, -0.1) is 0 Å². The standard InChI is InChI=1S/C24H46O7Si3/c1-19(2)26-33(27-20(3)4,17-11-12-23-13-15-24(18-25)16-14-23)31-34(28-21(5)6,29-22(7)8)30-32(9)10/h13-16,18-22,32H,11-12,17H2,1-10H3. The van der Waals surface area contributed by atoms with Crippen LogP contribution in [0.5, 0.6) is 0 Å². The molecule has 0 radical (unpaired) electrons. The largest absolute Gasteiger partial charge is 0.661 e. The molecule has 1 aromatic carbocycles. The number of aryl methyl sites for hydroxylation is 1. The van der Waals surface area contributed by atoms with E-state index in [9.17, 15) is 4.79 Å². The van der Waals surface area contributed by atoms with Crippen molar-refractivity contribution in [1.29, 1.82) is 0 Å². The van der Waals surface area contributed by atoms with Gasteiger partial charge in [0.1, 0.15) is 6.29 Å². The van der Waals surface area contributed by atoms with E-state index in [2.05, 4.69) is 13.1 Å². The highest BCUT2D eigenvalue weighted by molar-refractivity contribution is 6.75. The van der Waals surface area contributed by atoms with E-state index in [1.807, 2.05) is 79.7 Å². The van der Waals surface area contributed by atoms with Gasteiger partial charge in [-0.25, -0.2) is 0 Å². The summed E-state index contributed by atoms with van der Waals surface area (Å²) in [6.07, 6.45) is 1.98. The first kappa shape index (κ1) is 31.3. The monoisotopic (exact) mass is 530 g/mol. The van der Waals surface area contributed by atoms with Gasteiger partial charge in [0.2, 0.25) is 0 Å². The normalized spacial score (nSPS) is 13.1. The van der Waals surface area contributed by atoms with Crippen LogP contribution in [0.15, 0.2) is 24.3 Å². The smallest absolute Gasteiger partial charge is 0.398 e. The topological polar surface area (TPSA) is 72.5 Å². The third-order valence-corrected chi connectivity index (χ3v) is 13.7. The van der Waals surface area contributed by atoms with E-state index in [-0.39, 0.29) is 24.4 Å². The van der Waals surface area contributed by atoms with Crippen molar-refractivity contribution in [2.45, 2.75) is 112 Å². The number of hydrogen-bond donors (Lipinski definition) is 0. The molecule has 196 valence electrons. The molecule has 0 aliphatic heterocycles. The van der Waals surface area contributed by atoms with Crippen LogP contribution in [0.25, 0.3) is 0 Å². The molecule has 7 nitrogen and oxygen atoms in total. The number of aldehydes is 1. The van der Waals surface area contributed by atoms with Gasteiger partial charge in [-0.05, 0) is 86.9 Å².